The molecule has 2 aromatic heterocycles. The van der Waals surface area contributed by atoms with Crippen molar-refractivity contribution in [2.45, 2.75) is 20.4 Å². The molecule has 0 saturated carbocycles. The van der Waals surface area contributed by atoms with Gasteiger partial charge in [0, 0.05) is 49.2 Å². The third-order valence-electron chi connectivity index (χ3n) is 4.27. The molecule has 0 atom stereocenters. The largest absolute Gasteiger partial charge is 0.422 e. The first-order chi connectivity index (χ1) is 12.6. The first kappa shape index (κ1) is 17.7. The molecule has 1 amide bonds. The highest BCUT2D eigenvalue weighted by atomic mass is 16.4. The molecule has 26 heavy (non-hydrogen) atoms. The van der Waals surface area contributed by atoms with E-state index in [9.17, 15) is 9.59 Å². The van der Waals surface area contributed by atoms with Gasteiger partial charge in [-0.3, -0.25) is 9.78 Å². The van der Waals surface area contributed by atoms with E-state index in [1.54, 1.807) is 24.5 Å². The molecule has 0 aliphatic rings. The summed E-state index contributed by atoms with van der Waals surface area (Å²) >= 11 is 0. The molecule has 3 aromatic rings. The summed E-state index contributed by atoms with van der Waals surface area (Å²) in [6.07, 6.45) is 3.33. The molecular weight excluding hydrogens is 330 g/mol. The monoisotopic (exact) mass is 351 g/mol. The number of fused-ring (bicyclic) bond motifs is 1. The minimum absolute atomic E-state index is 0.00280. The first-order valence-corrected chi connectivity index (χ1v) is 8.62. The Balaban J connectivity index is 1.85. The Labute approximate surface area is 151 Å². The Morgan fingerprint density at radius 1 is 1.19 bits per heavy atom. The van der Waals surface area contributed by atoms with Crippen molar-refractivity contribution in [1.29, 1.82) is 0 Å². The van der Waals surface area contributed by atoms with Gasteiger partial charge in [0.25, 0.3) is 5.91 Å². The Kier molecular flexibility index (Phi) is 5.31. The van der Waals surface area contributed by atoms with E-state index in [2.05, 4.69) is 29.0 Å². The minimum Gasteiger partial charge on any atom is -0.422 e. The molecular formula is C20H21N3O3. The molecule has 6 nitrogen and oxygen atoms in total. The van der Waals surface area contributed by atoms with Gasteiger partial charge in [0.15, 0.2) is 0 Å². The average molecular weight is 351 g/mol. The molecule has 0 aliphatic heterocycles. The number of carbonyl (C=O) groups excluding carboxylic acids is 1. The number of rotatable bonds is 6. The number of pyridine rings is 1. The lowest BCUT2D eigenvalue weighted by Gasteiger charge is -2.21. The number of benzene rings is 1. The molecule has 0 spiro atoms. The summed E-state index contributed by atoms with van der Waals surface area (Å²) in [5, 5.41) is 3.44. The van der Waals surface area contributed by atoms with Gasteiger partial charge in [0.2, 0.25) is 0 Å². The molecule has 0 saturated heterocycles. The predicted octanol–water partition coefficient (Wildman–Crippen LogP) is 2.96. The zero-order chi connectivity index (χ0) is 18.5. The highest BCUT2D eigenvalue weighted by molar-refractivity contribution is 5.96. The zero-order valence-electron chi connectivity index (χ0n) is 14.9. The van der Waals surface area contributed by atoms with Gasteiger partial charge in [-0.05, 0) is 43.7 Å². The van der Waals surface area contributed by atoms with Crippen molar-refractivity contribution in [3.8, 4) is 0 Å². The van der Waals surface area contributed by atoms with Crippen molar-refractivity contribution in [3.63, 3.8) is 0 Å². The Morgan fingerprint density at radius 3 is 2.69 bits per heavy atom. The van der Waals surface area contributed by atoms with E-state index in [1.165, 1.54) is 0 Å². The van der Waals surface area contributed by atoms with Gasteiger partial charge < -0.3 is 14.6 Å². The van der Waals surface area contributed by atoms with Crippen molar-refractivity contribution in [2.75, 3.05) is 18.0 Å². The number of hydrogen-bond acceptors (Lipinski definition) is 5. The van der Waals surface area contributed by atoms with Crippen LogP contribution in [0.3, 0.4) is 0 Å². The van der Waals surface area contributed by atoms with Crippen molar-refractivity contribution in [3.05, 3.63) is 70.3 Å². The van der Waals surface area contributed by atoms with E-state index >= 15 is 0 Å². The number of aromatic nitrogens is 1. The van der Waals surface area contributed by atoms with E-state index in [4.69, 9.17) is 4.42 Å². The van der Waals surface area contributed by atoms with Crippen LogP contribution in [0.4, 0.5) is 5.69 Å². The number of amides is 1. The summed E-state index contributed by atoms with van der Waals surface area (Å²) in [5.74, 6) is -0.461. The Hall–Kier alpha value is -3.15. The highest BCUT2D eigenvalue weighted by Gasteiger charge is 2.14. The summed E-state index contributed by atoms with van der Waals surface area (Å²) in [7, 11) is 0. The molecule has 3 rings (SSSR count). The molecule has 0 unspecified atom stereocenters. The van der Waals surface area contributed by atoms with Crippen LogP contribution in [0.2, 0.25) is 0 Å². The molecule has 134 valence electrons. The van der Waals surface area contributed by atoms with Crippen molar-refractivity contribution >= 4 is 22.6 Å². The van der Waals surface area contributed by atoms with E-state index in [1.807, 2.05) is 24.3 Å². The van der Waals surface area contributed by atoms with Gasteiger partial charge in [0.05, 0.1) is 0 Å². The van der Waals surface area contributed by atoms with E-state index < -0.39 is 11.5 Å². The standard InChI is InChI=1S/C20H21N3O3/c1-3-23(4-2)16-8-7-15-10-17(20(25)26-18(15)11-16)19(24)22-13-14-6-5-9-21-12-14/h5-12H,3-4,13H2,1-2H3,(H,22,24). The van der Waals surface area contributed by atoms with Crippen LogP contribution in [0.1, 0.15) is 29.8 Å². The summed E-state index contributed by atoms with van der Waals surface area (Å²) < 4.78 is 5.39. The maximum atomic E-state index is 12.4. The van der Waals surface area contributed by atoms with Crippen molar-refractivity contribution in [2.24, 2.45) is 0 Å². The number of nitrogens with one attached hydrogen (secondary N) is 1. The summed E-state index contributed by atoms with van der Waals surface area (Å²) in [6.45, 7) is 6.16. The first-order valence-electron chi connectivity index (χ1n) is 8.62. The number of carbonyl (C=O) groups is 1. The van der Waals surface area contributed by atoms with Gasteiger partial charge in [-0.1, -0.05) is 6.07 Å². The maximum Gasteiger partial charge on any atom is 0.349 e. The zero-order valence-corrected chi connectivity index (χ0v) is 14.9. The fourth-order valence-electron chi connectivity index (χ4n) is 2.82. The second kappa shape index (κ2) is 7.82. The van der Waals surface area contributed by atoms with Crippen LogP contribution in [-0.4, -0.2) is 24.0 Å². The fraction of sp³-hybridized carbons (Fsp3) is 0.250. The SMILES string of the molecule is CCN(CC)c1ccc2cc(C(=O)NCc3cccnc3)c(=O)oc2c1. The molecule has 0 radical (unpaired) electrons. The Bertz CT molecular complexity index is 963. The summed E-state index contributed by atoms with van der Waals surface area (Å²) in [5.41, 5.74) is 1.67. The molecule has 1 aromatic carbocycles. The normalized spacial score (nSPS) is 10.7. The molecule has 0 aliphatic carbocycles. The van der Waals surface area contributed by atoms with E-state index in [0.717, 1.165) is 24.3 Å². The molecule has 0 fully saturated rings. The van der Waals surface area contributed by atoms with Crippen molar-refractivity contribution < 1.29 is 9.21 Å². The van der Waals surface area contributed by atoms with Gasteiger partial charge in [-0.2, -0.15) is 0 Å². The second-order valence-electron chi connectivity index (χ2n) is 5.89. The number of hydrogen-bond donors (Lipinski definition) is 1. The van der Waals surface area contributed by atoms with E-state index in [0.29, 0.717) is 17.5 Å². The molecule has 2 heterocycles. The molecule has 0 bridgehead atoms. The van der Waals surface area contributed by atoms with Crippen LogP contribution >= 0.6 is 0 Å². The van der Waals surface area contributed by atoms with Crippen LogP contribution in [0, 0.1) is 0 Å². The molecule has 6 heteroatoms. The lowest BCUT2D eigenvalue weighted by atomic mass is 10.1. The van der Waals surface area contributed by atoms with Gasteiger partial charge in [-0.25, -0.2) is 4.79 Å². The van der Waals surface area contributed by atoms with Crippen LogP contribution < -0.4 is 15.8 Å². The van der Waals surface area contributed by atoms with Gasteiger partial charge in [0.1, 0.15) is 11.1 Å². The van der Waals surface area contributed by atoms with Gasteiger partial charge >= 0.3 is 5.63 Å². The lowest BCUT2D eigenvalue weighted by Crippen LogP contribution is -2.28. The van der Waals surface area contributed by atoms with Crippen LogP contribution in [0.25, 0.3) is 11.0 Å². The van der Waals surface area contributed by atoms with Crippen LogP contribution in [0.15, 0.2) is 58.0 Å². The lowest BCUT2D eigenvalue weighted by molar-refractivity contribution is 0.0947. The maximum absolute atomic E-state index is 12.4. The average Bonchev–Trinajstić information content (AvgIpc) is 2.67. The van der Waals surface area contributed by atoms with Crippen molar-refractivity contribution in [1.82, 2.24) is 10.3 Å². The summed E-state index contributed by atoms with van der Waals surface area (Å²) in [4.78, 5) is 30.8. The van der Waals surface area contributed by atoms with Crippen LogP contribution in [-0.2, 0) is 6.54 Å². The van der Waals surface area contributed by atoms with Crippen LogP contribution in [0.5, 0.6) is 0 Å². The second-order valence-corrected chi connectivity index (χ2v) is 5.89. The highest BCUT2D eigenvalue weighted by Crippen LogP contribution is 2.22. The smallest absolute Gasteiger partial charge is 0.349 e. The number of nitrogens with zero attached hydrogens (tertiary/aromatic N) is 2. The summed E-state index contributed by atoms with van der Waals surface area (Å²) in [6, 6.07) is 10.9. The topological polar surface area (TPSA) is 75.4 Å². The Morgan fingerprint density at radius 2 is 2.00 bits per heavy atom. The number of anilines is 1. The molecule has 1 N–H and O–H groups in total. The van der Waals surface area contributed by atoms with E-state index in [-0.39, 0.29) is 5.56 Å². The minimum atomic E-state index is -0.641. The predicted molar refractivity (Wildman–Crippen MR) is 101 cm³/mol. The quantitative estimate of drug-likeness (QED) is 0.691. The van der Waals surface area contributed by atoms with Gasteiger partial charge in [-0.15, -0.1) is 0 Å². The third kappa shape index (κ3) is 3.74. The third-order valence-corrected chi connectivity index (χ3v) is 4.27. The fourth-order valence-corrected chi connectivity index (χ4v) is 2.82.